The smallest absolute Gasteiger partial charge is 0.350 e. The number of hydrogen-bond acceptors (Lipinski definition) is 7. The standard InChI is InChI=1S/C13H16N2O5S/c1-4-20-12(18)10-7(2)14-13(21-10)15-6-8(5-9(15)16)11(17)19-3/h8H,4-6H2,1-3H3. The highest BCUT2D eigenvalue weighted by Gasteiger charge is 2.37. The van der Waals surface area contributed by atoms with Crippen LogP contribution in [0.15, 0.2) is 0 Å². The third-order valence-corrected chi connectivity index (χ3v) is 4.30. The molecule has 1 aromatic heterocycles. The Hall–Kier alpha value is -1.96. The Kier molecular flexibility index (Phi) is 4.56. The van der Waals surface area contributed by atoms with Crippen LogP contribution < -0.4 is 4.90 Å². The Labute approximate surface area is 125 Å². The van der Waals surface area contributed by atoms with Gasteiger partial charge in [-0.25, -0.2) is 9.78 Å². The molecule has 0 radical (unpaired) electrons. The van der Waals surface area contributed by atoms with Crippen molar-refractivity contribution in [3.05, 3.63) is 10.6 Å². The van der Waals surface area contributed by atoms with Crippen molar-refractivity contribution in [2.75, 3.05) is 25.2 Å². The monoisotopic (exact) mass is 312 g/mol. The van der Waals surface area contributed by atoms with Crippen molar-refractivity contribution >= 4 is 34.3 Å². The molecule has 1 aromatic rings. The maximum Gasteiger partial charge on any atom is 0.350 e. The number of carbonyl (C=O) groups is 3. The predicted molar refractivity (Wildman–Crippen MR) is 75.3 cm³/mol. The van der Waals surface area contributed by atoms with E-state index in [4.69, 9.17) is 4.74 Å². The maximum absolute atomic E-state index is 12.0. The third kappa shape index (κ3) is 3.05. The molecule has 2 rings (SSSR count). The fraction of sp³-hybridized carbons (Fsp3) is 0.538. The largest absolute Gasteiger partial charge is 0.469 e. The fourth-order valence-electron chi connectivity index (χ4n) is 2.10. The van der Waals surface area contributed by atoms with E-state index in [1.807, 2.05) is 0 Å². The van der Waals surface area contributed by atoms with Crippen LogP contribution in [0, 0.1) is 12.8 Å². The minimum absolute atomic E-state index is 0.0973. The van der Waals surface area contributed by atoms with Gasteiger partial charge in [0.25, 0.3) is 0 Å². The molecule has 1 fully saturated rings. The summed E-state index contributed by atoms with van der Waals surface area (Å²) in [5, 5.41) is 0.409. The van der Waals surface area contributed by atoms with Crippen LogP contribution in [0.2, 0.25) is 0 Å². The van der Waals surface area contributed by atoms with Gasteiger partial charge in [-0.15, -0.1) is 0 Å². The van der Waals surface area contributed by atoms with Gasteiger partial charge in [-0.05, 0) is 13.8 Å². The molecule has 0 bridgehead atoms. The van der Waals surface area contributed by atoms with Crippen molar-refractivity contribution in [1.29, 1.82) is 0 Å². The van der Waals surface area contributed by atoms with Gasteiger partial charge < -0.3 is 9.47 Å². The van der Waals surface area contributed by atoms with Crippen molar-refractivity contribution in [3.63, 3.8) is 0 Å². The molecular formula is C13H16N2O5S. The number of methoxy groups -OCH3 is 1. The van der Waals surface area contributed by atoms with Crippen LogP contribution in [0.1, 0.15) is 28.7 Å². The molecule has 0 aliphatic carbocycles. The first-order valence-corrected chi connectivity index (χ1v) is 7.32. The van der Waals surface area contributed by atoms with Crippen LogP contribution in [0.25, 0.3) is 0 Å². The minimum atomic E-state index is -0.488. The predicted octanol–water partition coefficient (Wildman–Crippen LogP) is 1.15. The number of amides is 1. The second-order valence-electron chi connectivity index (χ2n) is 4.56. The summed E-state index contributed by atoms with van der Waals surface area (Å²) < 4.78 is 9.60. The van der Waals surface area contributed by atoms with Gasteiger partial charge in [0.05, 0.1) is 25.3 Å². The highest BCUT2D eigenvalue weighted by Crippen LogP contribution is 2.31. The van der Waals surface area contributed by atoms with Crippen molar-refractivity contribution in [2.24, 2.45) is 5.92 Å². The lowest BCUT2D eigenvalue weighted by molar-refractivity contribution is -0.145. The molecule has 0 saturated carbocycles. The van der Waals surface area contributed by atoms with Crippen molar-refractivity contribution in [3.8, 4) is 0 Å². The van der Waals surface area contributed by atoms with Crippen molar-refractivity contribution in [2.45, 2.75) is 20.3 Å². The minimum Gasteiger partial charge on any atom is -0.469 e. The molecule has 2 heterocycles. The molecule has 1 aliphatic heterocycles. The summed E-state index contributed by atoms with van der Waals surface area (Å²) in [6, 6.07) is 0. The lowest BCUT2D eigenvalue weighted by atomic mass is 10.1. The number of anilines is 1. The molecule has 0 spiro atoms. The number of carbonyl (C=O) groups excluding carboxylic acids is 3. The molecule has 0 N–H and O–H groups in total. The second-order valence-corrected chi connectivity index (χ2v) is 5.54. The first kappa shape index (κ1) is 15.4. The number of hydrogen-bond donors (Lipinski definition) is 0. The highest BCUT2D eigenvalue weighted by atomic mass is 32.1. The number of esters is 2. The summed E-state index contributed by atoms with van der Waals surface area (Å²) in [6.07, 6.45) is 0.0973. The number of aryl methyl sites for hydroxylation is 1. The van der Waals surface area contributed by atoms with E-state index in [2.05, 4.69) is 9.72 Å². The highest BCUT2D eigenvalue weighted by molar-refractivity contribution is 7.17. The molecular weight excluding hydrogens is 296 g/mol. The first-order chi connectivity index (χ1) is 9.97. The Balaban J connectivity index is 2.19. The van der Waals surface area contributed by atoms with Gasteiger partial charge in [0.15, 0.2) is 5.13 Å². The SMILES string of the molecule is CCOC(=O)c1sc(N2CC(C(=O)OC)CC2=O)nc1C. The molecule has 1 amide bonds. The summed E-state index contributed by atoms with van der Waals surface area (Å²) in [7, 11) is 1.29. The second kappa shape index (κ2) is 6.21. The fourth-order valence-corrected chi connectivity index (χ4v) is 3.09. The molecule has 1 atom stereocenters. The van der Waals surface area contributed by atoms with E-state index >= 15 is 0 Å². The third-order valence-electron chi connectivity index (χ3n) is 3.14. The molecule has 0 aromatic carbocycles. The van der Waals surface area contributed by atoms with Gasteiger partial charge in [0, 0.05) is 13.0 Å². The zero-order valence-electron chi connectivity index (χ0n) is 12.0. The van der Waals surface area contributed by atoms with E-state index in [1.54, 1.807) is 13.8 Å². The van der Waals surface area contributed by atoms with E-state index in [0.29, 0.717) is 15.7 Å². The molecule has 21 heavy (non-hydrogen) atoms. The molecule has 1 unspecified atom stereocenters. The van der Waals surface area contributed by atoms with Crippen LogP contribution >= 0.6 is 11.3 Å². The maximum atomic E-state index is 12.0. The van der Waals surface area contributed by atoms with E-state index in [1.165, 1.54) is 12.0 Å². The van der Waals surface area contributed by atoms with E-state index in [-0.39, 0.29) is 25.5 Å². The summed E-state index contributed by atoms with van der Waals surface area (Å²) in [5.41, 5.74) is 0.516. The summed E-state index contributed by atoms with van der Waals surface area (Å²) in [5.74, 6) is -1.55. The Morgan fingerprint density at radius 2 is 2.19 bits per heavy atom. The zero-order valence-corrected chi connectivity index (χ0v) is 12.9. The molecule has 1 aliphatic rings. The summed E-state index contributed by atoms with van der Waals surface area (Å²) >= 11 is 1.10. The molecule has 8 heteroatoms. The molecule has 114 valence electrons. The number of ether oxygens (including phenoxy) is 2. The number of thiazole rings is 1. The Morgan fingerprint density at radius 3 is 2.81 bits per heavy atom. The van der Waals surface area contributed by atoms with E-state index < -0.39 is 17.9 Å². The zero-order chi connectivity index (χ0) is 15.6. The number of rotatable bonds is 4. The number of aromatic nitrogens is 1. The van der Waals surface area contributed by atoms with Gasteiger partial charge in [-0.3, -0.25) is 14.5 Å². The van der Waals surface area contributed by atoms with Gasteiger partial charge in [-0.2, -0.15) is 0 Å². The average Bonchev–Trinajstić information content (AvgIpc) is 3.01. The van der Waals surface area contributed by atoms with Gasteiger partial charge in [0.2, 0.25) is 5.91 Å². The first-order valence-electron chi connectivity index (χ1n) is 6.50. The van der Waals surface area contributed by atoms with Gasteiger partial charge >= 0.3 is 11.9 Å². The van der Waals surface area contributed by atoms with Crippen LogP contribution in [0.3, 0.4) is 0 Å². The van der Waals surface area contributed by atoms with Crippen LogP contribution in [-0.4, -0.2) is 43.1 Å². The van der Waals surface area contributed by atoms with Crippen LogP contribution in [-0.2, 0) is 19.1 Å². The van der Waals surface area contributed by atoms with Crippen LogP contribution in [0.5, 0.6) is 0 Å². The average molecular weight is 312 g/mol. The Bertz CT molecular complexity index is 583. The normalized spacial score (nSPS) is 18.0. The molecule has 1 saturated heterocycles. The number of nitrogens with zero attached hydrogens (tertiary/aromatic N) is 2. The lowest BCUT2D eigenvalue weighted by Crippen LogP contribution is -2.26. The van der Waals surface area contributed by atoms with E-state index in [0.717, 1.165) is 11.3 Å². The van der Waals surface area contributed by atoms with Crippen LogP contribution in [0.4, 0.5) is 5.13 Å². The molecule has 7 nitrogen and oxygen atoms in total. The van der Waals surface area contributed by atoms with Gasteiger partial charge in [0.1, 0.15) is 4.88 Å². The van der Waals surface area contributed by atoms with E-state index in [9.17, 15) is 14.4 Å². The van der Waals surface area contributed by atoms with Crippen molar-refractivity contribution < 1.29 is 23.9 Å². The Morgan fingerprint density at radius 1 is 1.48 bits per heavy atom. The topological polar surface area (TPSA) is 85.8 Å². The quantitative estimate of drug-likeness (QED) is 0.775. The summed E-state index contributed by atoms with van der Waals surface area (Å²) in [4.78, 5) is 41.3. The van der Waals surface area contributed by atoms with Crippen molar-refractivity contribution in [1.82, 2.24) is 4.98 Å². The lowest BCUT2D eigenvalue weighted by Gasteiger charge is -2.11. The summed E-state index contributed by atoms with van der Waals surface area (Å²) in [6.45, 7) is 3.91. The van der Waals surface area contributed by atoms with Gasteiger partial charge in [-0.1, -0.05) is 11.3 Å².